The molecule has 0 aliphatic rings. The van der Waals surface area contributed by atoms with Crippen molar-refractivity contribution in [2.45, 2.75) is 11.4 Å². The van der Waals surface area contributed by atoms with Crippen LogP contribution in [0, 0.1) is 0 Å². The Morgan fingerprint density at radius 2 is 1.53 bits per heavy atom. The van der Waals surface area contributed by atoms with E-state index in [4.69, 9.17) is 4.74 Å². The van der Waals surface area contributed by atoms with Crippen LogP contribution >= 0.6 is 0 Å². The highest BCUT2D eigenvalue weighted by molar-refractivity contribution is 7.92. The largest absolute Gasteiger partial charge is 0.497 e. The number of benzene rings is 3. The molecule has 3 aromatic carbocycles. The molecule has 6 nitrogen and oxygen atoms in total. The van der Waals surface area contributed by atoms with Gasteiger partial charge in [-0.3, -0.25) is 9.40 Å². The Hall–Kier alpha value is -3.58. The van der Waals surface area contributed by atoms with E-state index in [0.29, 0.717) is 12.1 Å². The number of anilines is 1. The first-order valence-electron chi connectivity index (χ1n) is 9.39. The lowest BCUT2D eigenvalue weighted by molar-refractivity contribution is 0.415. The highest BCUT2D eigenvalue weighted by atomic mass is 32.2. The third-order valence-electron chi connectivity index (χ3n) is 4.63. The maximum Gasteiger partial charge on any atom is 0.263 e. The molecule has 0 atom stereocenters. The molecule has 4 aromatic rings. The van der Waals surface area contributed by atoms with Crippen molar-refractivity contribution in [1.82, 2.24) is 9.78 Å². The average Bonchev–Trinajstić information content (AvgIpc) is 3.16. The van der Waals surface area contributed by atoms with Crippen molar-refractivity contribution in [2.75, 3.05) is 11.8 Å². The maximum atomic E-state index is 12.9. The van der Waals surface area contributed by atoms with Gasteiger partial charge in [0.1, 0.15) is 5.75 Å². The quantitative estimate of drug-likeness (QED) is 0.482. The third kappa shape index (κ3) is 4.36. The van der Waals surface area contributed by atoms with Gasteiger partial charge in [-0.1, -0.05) is 60.7 Å². The molecule has 0 spiro atoms. The lowest BCUT2D eigenvalue weighted by Crippen LogP contribution is -2.14. The number of aromatic nitrogens is 2. The minimum Gasteiger partial charge on any atom is -0.497 e. The Bertz CT molecular complexity index is 1220. The Morgan fingerprint density at radius 3 is 2.17 bits per heavy atom. The van der Waals surface area contributed by atoms with Gasteiger partial charge in [0, 0.05) is 11.8 Å². The summed E-state index contributed by atoms with van der Waals surface area (Å²) >= 11 is 0. The number of hydrogen-bond acceptors (Lipinski definition) is 4. The minimum atomic E-state index is -3.77. The van der Waals surface area contributed by atoms with Crippen molar-refractivity contribution >= 4 is 15.8 Å². The zero-order valence-electron chi connectivity index (χ0n) is 16.4. The number of methoxy groups -OCH3 is 1. The van der Waals surface area contributed by atoms with Crippen LogP contribution in [0.4, 0.5) is 5.82 Å². The van der Waals surface area contributed by atoms with Crippen molar-refractivity contribution in [2.24, 2.45) is 0 Å². The molecule has 0 bridgehead atoms. The van der Waals surface area contributed by atoms with Gasteiger partial charge < -0.3 is 4.74 Å². The van der Waals surface area contributed by atoms with Crippen LogP contribution in [0.1, 0.15) is 5.56 Å². The van der Waals surface area contributed by atoms with E-state index in [1.54, 1.807) is 42.1 Å². The monoisotopic (exact) mass is 419 g/mol. The molecule has 0 saturated carbocycles. The molecule has 0 radical (unpaired) electrons. The van der Waals surface area contributed by atoms with Crippen LogP contribution in [-0.2, 0) is 16.6 Å². The van der Waals surface area contributed by atoms with E-state index >= 15 is 0 Å². The molecule has 1 N–H and O–H groups in total. The predicted octanol–water partition coefficient (Wildman–Crippen LogP) is 4.41. The van der Waals surface area contributed by atoms with E-state index in [1.807, 2.05) is 60.8 Å². The molecule has 30 heavy (non-hydrogen) atoms. The number of ether oxygens (including phenoxy) is 1. The normalized spacial score (nSPS) is 11.2. The zero-order valence-corrected chi connectivity index (χ0v) is 17.2. The molecule has 4 rings (SSSR count). The summed E-state index contributed by atoms with van der Waals surface area (Å²) in [6, 6.07) is 25.6. The van der Waals surface area contributed by atoms with Gasteiger partial charge in [0.2, 0.25) is 0 Å². The first-order valence-corrected chi connectivity index (χ1v) is 10.9. The van der Waals surface area contributed by atoms with Crippen LogP contribution in [0.2, 0.25) is 0 Å². The van der Waals surface area contributed by atoms with Crippen molar-refractivity contribution in [3.63, 3.8) is 0 Å². The van der Waals surface area contributed by atoms with Crippen LogP contribution in [-0.4, -0.2) is 25.3 Å². The number of sulfonamides is 1. The Kier molecular flexibility index (Phi) is 5.54. The summed E-state index contributed by atoms with van der Waals surface area (Å²) in [7, 11) is -2.16. The molecule has 0 saturated heterocycles. The lowest BCUT2D eigenvalue weighted by Gasteiger charge is -2.08. The summed E-state index contributed by atoms with van der Waals surface area (Å²) < 4.78 is 35.4. The summed E-state index contributed by atoms with van der Waals surface area (Å²) in [6.45, 7) is 0.525. The van der Waals surface area contributed by atoms with Gasteiger partial charge in [0.15, 0.2) is 5.82 Å². The number of hydrogen-bond donors (Lipinski definition) is 1. The van der Waals surface area contributed by atoms with Gasteiger partial charge in [0.05, 0.1) is 18.6 Å². The van der Waals surface area contributed by atoms with Crippen molar-refractivity contribution in [1.29, 1.82) is 0 Å². The fourth-order valence-electron chi connectivity index (χ4n) is 3.12. The summed E-state index contributed by atoms with van der Waals surface area (Å²) in [4.78, 5) is 0.184. The lowest BCUT2D eigenvalue weighted by atomic mass is 10.1. The second-order valence-electron chi connectivity index (χ2n) is 6.72. The van der Waals surface area contributed by atoms with Crippen molar-refractivity contribution < 1.29 is 13.2 Å². The fraction of sp³-hybridized carbons (Fsp3) is 0.0870. The smallest absolute Gasteiger partial charge is 0.263 e. The topological polar surface area (TPSA) is 73.2 Å². The summed E-state index contributed by atoms with van der Waals surface area (Å²) in [6.07, 6.45) is 1.84. The number of nitrogens with zero attached hydrogens (tertiary/aromatic N) is 2. The van der Waals surface area contributed by atoms with Crippen LogP contribution in [0.25, 0.3) is 11.1 Å². The second kappa shape index (κ2) is 8.42. The molecular formula is C23H21N3O3S. The molecule has 0 aliphatic heterocycles. The molecule has 0 amide bonds. The molecule has 1 aromatic heterocycles. The van der Waals surface area contributed by atoms with Gasteiger partial charge in [-0.2, -0.15) is 5.10 Å². The minimum absolute atomic E-state index is 0.184. The molecule has 1 heterocycles. The first kappa shape index (κ1) is 19.7. The molecular weight excluding hydrogens is 398 g/mol. The van der Waals surface area contributed by atoms with Crippen LogP contribution in [0.3, 0.4) is 0 Å². The number of nitrogens with one attached hydrogen (secondary N) is 1. The predicted molar refractivity (Wildman–Crippen MR) is 117 cm³/mol. The first-order chi connectivity index (χ1) is 14.5. The van der Waals surface area contributed by atoms with Gasteiger partial charge in [0.25, 0.3) is 10.0 Å². The molecule has 152 valence electrons. The standard InChI is InChI=1S/C23H21N3O3S/c1-29-20-14-12-19(13-15-20)22-17-26(16-18-8-4-2-5-9-18)24-23(22)25-30(27,28)21-10-6-3-7-11-21/h2-15,17H,16H2,1H3,(H,24,25). The van der Waals surface area contributed by atoms with E-state index in [9.17, 15) is 8.42 Å². The maximum absolute atomic E-state index is 12.9. The van der Waals surface area contributed by atoms with Crippen molar-refractivity contribution in [3.05, 3.63) is 96.7 Å². The van der Waals surface area contributed by atoms with Gasteiger partial charge >= 0.3 is 0 Å². The molecule has 7 heteroatoms. The van der Waals surface area contributed by atoms with E-state index in [0.717, 1.165) is 16.9 Å². The second-order valence-corrected chi connectivity index (χ2v) is 8.40. The van der Waals surface area contributed by atoms with Gasteiger partial charge in [-0.25, -0.2) is 8.42 Å². The highest BCUT2D eigenvalue weighted by Gasteiger charge is 2.19. The van der Waals surface area contributed by atoms with E-state index < -0.39 is 10.0 Å². The van der Waals surface area contributed by atoms with Crippen LogP contribution in [0.15, 0.2) is 96.0 Å². The highest BCUT2D eigenvalue weighted by Crippen LogP contribution is 2.30. The summed E-state index contributed by atoms with van der Waals surface area (Å²) in [5.74, 6) is 1.00. The van der Waals surface area contributed by atoms with Gasteiger partial charge in [-0.15, -0.1) is 0 Å². The SMILES string of the molecule is COc1ccc(-c2cn(Cc3ccccc3)nc2NS(=O)(=O)c2ccccc2)cc1. The average molecular weight is 420 g/mol. The summed E-state index contributed by atoms with van der Waals surface area (Å²) in [5, 5.41) is 4.53. The Labute approximate surface area is 175 Å². The molecule has 0 aliphatic carbocycles. The van der Waals surface area contributed by atoms with E-state index in [-0.39, 0.29) is 10.7 Å². The van der Waals surface area contributed by atoms with Crippen LogP contribution in [0.5, 0.6) is 5.75 Å². The Balaban J connectivity index is 1.73. The Morgan fingerprint density at radius 1 is 0.900 bits per heavy atom. The third-order valence-corrected chi connectivity index (χ3v) is 5.99. The fourth-order valence-corrected chi connectivity index (χ4v) is 4.15. The molecule has 0 fully saturated rings. The van der Waals surface area contributed by atoms with E-state index in [1.165, 1.54) is 0 Å². The van der Waals surface area contributed by atoms with Crippen LogP contribution < -0.4 is 9.46 Å². The van der Waals surface area contributed by atoms with Gasteiger partial charge in [-0.05, 0) is 35.4 Å². The van der Waals surface area contributed by atoms with E-state index in [2.05, 4.69) is 9.82 Å². The molecule has 0 unspecified atom stereocenters. The number of rotatable bonds is 7. The zero-order chi connectivity index (χ0) is 21.0. The summed E-state index contributed by atoms with van der Waals surface area (Å²) in [5.41, 5.74) is 2.59. The van der Waals surface area contributed by atoms with Crippen molar-refractivity contribution in [3.8, 4) is 16.9 Å².